The zero-order chi connectivity index (χ0) is 17.2. The van der Waals surface area contributed by atoms with Gasteiger partial charge in [-0.25, -0.2) is 0 Å². The van der Waals surface area contributed by atoms with Crippen LogP contribution in [0.4, 0.5) is 5.69 Å². The summed E-state index contributed by atoms with van der Waals surface area (Å²) in [5.41, 5.74) is 10.2. The molecule has 0 aliphatic heterocycles. The number of rotatable bonds is 5. The highest BCUT2D eigenvalue weighted by Gasteiger charge is 2.12. The second-order valence-electron chi connectivity index (χ2n) is 5.96. The van der Waals surface area contributed by atoms with E-state index in [1.165, 1.54) is 5.39 Å². The Hall–Kier alpha value is -2.98. The van der Waals surface area contributed by atoms with E-state index in [0.29, 0.717) is 13.2 Å². The summed E-state index contributed by atoms with van der Waals surface area (Å²) in [4.78, 5) is 0. The number of nitrogens with two attached hydrogens (primary N) is 1. The number of ether oxygens (including phenoxy) is 2. The maximum Gasteiger partial charge on any atom is 0.119 e. The molecule has 0 bridgehead atoms. The molecule has 4 nitrogen and oxygen atoms in total. The SMILES string of the molecule is COCCOc1ccc(-n2c3ccccc3c3cc(N)ccc32)cc1. The van der Waals surface area contributed by atoms with Crippen LogP contribution in [0.15, 0.2) is 66.7 Å². The topological polar surface area (TPSA) is 49.4 Å². The highest BCUT2D eigenvalue weighted by atomic mass is 16.5. The van der Waals surface area contributed by atoms with Gasteiger partial charge in [-0.2, -0.15) is 0 Å². The predicted molar refractivity (Wildman–Crippen MR) is 103 cm³/mol. The van der Waals surface area contributed by atoms with Gasteiger partial charge in [-0.3, -0.25) is 0 Å². The molecule has 0 saturated carbocycles. The molecule has 3 aromatic carbocycles. The van der Waals surface area contributed by atoms with Gasteiger partial charge in [0.15, 0.2) is 0 Å². The molecule has 0 saturated heterocycles. The standard InChI is InChI=1S/C21H20N2O2/c1-24-12-13-25-17-9-7-16(8-10-17)23-20-5-3-2-4-18(20)19-14-15(22)6-11-21(19)23/h2-11,14H,12-13,22H2,1H3. The van der Waals surface area contributed by atoms with Gasteiger partial charge in [-0.1, -0.05) is 18.2 Å². The molecule has 0 amide bonds. The van der Waals surface area contributed by atoms with Gasteiger partial charge in [-0.05, 0) is 48.5 Å². The second kappa shape index (κ2) is 6.49. The van der Waals surface area contributed by atoms with E-state index in [4.69, 9.17) is 15.2 Å². The Morgan fingerprint density at radius 2 is 1.60 bits per heavy atom. The van der Waals surface area contributed by atoms with E-state index in [-0.39, 0.29) is 0 Å². The number of methoxy groups -OCH3 is 1. The zero-order valence-corrected chi connectivity index (χ0v) is 14.1. The molecule has 1 aromatic heterocycles. The maximum absolute atomic E-state index is 6.00. The Morgan fingerprint density at radius 1 is 0.840 bits per heavy atom. The molecule has 0 spiro atoms. The monoisotopic (exact) mass is 332 g/mol. The Kier molecular flexibility index (Phi) is 4.04. The maximum atomic E-state index is 6.00. The Bertz CT molecular complexity index is 1020. The van der Waals surface area contributed by atoms with E-state index < -0.39 is 0 Å². The third-order valence-electron chi connectivity index (χ3n) is 4.35. The van der Waals surface area contributed by atoms with E-state index in [1.54, 1.807) is 7.11 Å². The van der Waals surface area contributed by atoms with Gasteiger partial charge in [0, 0.05) is 29.3 Å². The molecule has 4 rings (SSSR count). The molecule has 1 heterocycles. The van der Waals surface area contributed by atoms with Crippen molar-refractivity contribution in [3.05, 3.63) is 66.7 Å². The summed E-state index contributed by atoms with van der Waals surface area (Å²) in [7, 11) is 1.67. The van der Waals surface area contributed by atoms with Crippen LogP contribution in [0, 0.1) is 0 Å². The van der Waals surface area contributed by atoms with Crippen LogP contribution in [0.25, 0.3) is 27.5 Å². The van der Waals surface area contributed by atoms with Crippen LogP contribution >= 0.6 is 0 Å². The second-order valence-corrected chi connectivity index (χ2v) is 5.96. The molecular formula is C21H20N2O2. The van der Waals surface area contributed by atoms with Gasteiger partial charge in [0.1, 0.15) is 12.4 Å². The highest BCUT2D eigenvalue weighted by Crippen LogP contribution is 2.33. The smallest absolute Gasteiger partial charge is 0.119 e. The summed E-state index contributed by atoms with van der Waals surface area (Å²) in [5.74, 6) is 0.839. The molecule has 25 heavy (non-hydrogen) atoms. The fourth-order valence-electron chi connectivity index (χ4n) is 3.20. The average Bonchev–Trinajstić information content (AvgIpc) is 2.96. The molecule has 0 fully saturated rings. The zero-order valence-electron chi connectivity index (χ0n) is 14.1. The predicted octanol–water partition coefficient (Wildman–Crippen LogP) is 4.39. The summed E-state index contributed by atoms with van der Waals surface area (Å²) >= 11 is 0. The lowest BCUT2D eigenvalue weighted by Gasteiger charge is -2.10. The van der Waals surface area contributed by atoms with Gasteiger partial charge < -0.3 is 19.8 Å². The van der Waals surface area contributed by atoms with Crippen LogP contribution in [-0.4, -0.2) is 24.9 Å². The lowest BCUT2D eigenvalue weighted by atomic mass is 10.1. The minimum atomic E-state index is 0.546. The van der Waals surface area contributed by atoms with Gasteiger partial charge >= 0.3 is 0 Å². The number of hydrogen-bond donors (Lipinski definition) is 1. The van der Waals surface area contributed by atoms with E-state index in [2.05, 4.69) is 47.0 Å². The first-order valence-electron chi connectivity index (χ1n) is 8.29. The van der Waals surface area contributed by atoms with E-state index >= 15 is 0 Å². The quantitative estimate of drug-likeness (QED) is 0.435. The fraction of sp³-hybridized carbons (Fsp3) is 0.143. The number of hydrogen-bond acceptors (Lipinski definition) is 3. The summed E-state index contributed by atoms with van der Waals surface area (Å²) in [5, 5.41) is 2.36. The number of anilines is 1. The number of fused-ring (bicyclic) bond motifs is 3. The van der Waals surface area contributed by atoms with Gasteiger partial charge in [-0.15, -0.1) is 0 Å². The van der Waals surface area contributed by atoms with Crippen molar-refractivity contribution in [3.8, 4) is 11.4 Å². The van der Waals surface area contributed by atoms with E-state index in [0.717, 1.165) is 33.5 Å². The molecule has 2 N–H and O–H groups in total. The van der Waals surface area contributed by atoms with Crippen molar-refractivity contribution in [2.75, 3.05) is 26.1 Å². The van der Waals surface area contributed by atoms with Crippen LogP contribution in [0.2, 0.25) is 0 Å². The van der Waals surface area contributed by atoms with E-state index in [9.17, 15) is 0 Å². The lowest BCUT2D eigenvalue weighted by Crippen LogP contribution is -2.04. The summed E-state index contributed by atoms with van der Waals surface area (Å²) in [6, 6.07) is 22.6. The minimum absolute atomic E-state index is 0.546. The molecule has 0 aliphatic rings. The molecule has 4 aromatic rings. The van der Waals surface area contributed by atoms with Crippen LogP contribution < -0.4 is 10.5 Å². The number of nitrogen functional groups attached to an aromatic ring is 1. The molecular weight excluding hydrogens is 312 g/mol. The Morgan fingerprint density at radius 3 is 2.40 bits per heavy atom. The van der Waals surface area contributed by atoms with Crippen molar-refractivity contribution in [1.29, 1.82) is 0 Å². The molecule has 4 heteroatoms. The van der Waals surface area contributed by atoms with Crippen molar-refractivity contribution in [2.45, 2.75) is 0 Å². The highest BCUT2D eigenvalue weighted by molar-refractivity contribution is 6.10. The normalized spacial score (nSPS) is 11.2. The summed E-state index contributed by atoms with van der Waals surface area (Å²) < 4.78 is 12.9. The van der Waals surface area contributed by atoms with Gasteiger partial charge in [0.2, 0.25) is 0 Å². The van der Waals surface area contributed by atoms with Crippen LogP contribution in [0.5, 0.6) is 5.75 Å². The van der Waals surface area contributed by atoms with Crippen molar-refractivity contribution >= 4 is 27.5 Å². The minimum Gasteiger partial charge on any atom is -0.491 e. The first-order valence-corrected chi connectivity index (χ1v) is 8.29. The molecule has 0 atom stereocenters. The van der Waals surface area contributed by atoms with E-state index in [1.807, 2.05) is 24.3 Å². The van der Waals surface area contributed by atoms with Crippen molar-refractivity contribution in [1.82, 2.24) is 4.57 Å². The number of aromatic nitrogens is 1. The van der Waals surface area contributed by atoms with Crippen LogP contribution in [0.3, 0.4) is 0 Å². The van der Waals surface area contributed by atoms with Gasteiger partial charge in [0.25, 0.3) is 0 Å². The summed E-state index contributed by atoms with van der Waals surface area (Å²) in [6.45, 7) is 1.13. The Labute approximate surface area is 146 Å². The molecule has 0 aliphatic carbocycles. The largest absolute Gasteiger partial charge is 0.491 e. The van der Waals surface area contributed by atoms with Crippen molar-refractivity contribution in [2.24, 2.45) is 0 Å². The third kappa shape index (κ3) is 2.81. The van der Waals surface area contributed by atoms with Crippen molar-refractivity contribution in [3.63, 3.8) is 0 Å². The average molecular weight is 332 g/mol. The number of nitrogens with zero attached hydrogens (tertiary/aromatic N) is 1. The van der Waals surface area contributed by atoms with Gasteiger partial charge in [0.05, 0.1) is 17.6 Å². The molecule has 0 radical (unpaired) electrons. The summed E-state index contributed by atoms with van der Waals surface area (Å²) in [6.07, 6.45) is 0. The number of benzene rings is 3. The lowest BCUT2D eigenvalue weighted by molar-refractivity contribution is 0.146. The van der Waals surface area contributed by atoms with Crippen LogP contribution in [-0.2, 0) is 4.74 Å². The van der Waals surface area contributed by atoms with Crippen molar-refractivity contribution < 1.29 is 9.47 Å². The first kappa shape index (κ1) is 15.5. The first-order chi connectivity index (χ1) is 12.3. The number of para-hydroxylation sites is 1. The fourth-order valence-corrected chi connectivity index (χ4v) is 3.20. The third-order valence-corrected chi connectivity index (χ3v) is 4.35. The molecule has 0 unspecified atom stereocenters. The van der Waals surface area contributed by atoms with Crippen LogP contribution in [0.1, 0.15) is 0 Å². The molecule has 126 valence electrons. The Balaban J connectivity index is 1.82.